The Kier molecular flexibility index (Phi) is 5.83. The van der Waals surface area contributed by atoms with Crippen molar-refractivity contribution in [3.63, 3.8) is 0 Å². The molecule has 2 N–H and O–H groups in total. The Bertz CT molecular complexity index is 1180. The van der Waals surface area contributed by atoms with Crippen LogP contribution in [-0.2, 0) is 17.9 Å². The maximum Gasteiger partial charge on any atom is 0.250 e. The van der Waals surface area contributed by atoms with Gasteiger partial charge in [0.05, 0.1) is 18.0 Å². The van der Waals surface area contributed by atoms with E-state index in [2.05, 4.69) is 15.2 Å². The van der Waals surface area contributed by atoms with Crippen molar-refractivity contribution >= 4 is 5.91 Å². The second-order valence-corrected chi connectivity index (χ2v) is 8.95. The second-order valence-electron chi connectivity index (χ2n) is 8.95. The monoisotopic (exact) mass is 444 g/mol. The number of benzene rings is 1. The molecule has 7 nitrogen and oxygen atoms in total. The molecule has 1 fully saturated rings. The van der Waals surface area contributed by atoms with Crippen molar-refractivity contribution in [3.8, 4) is 0 Å². The molecule has 0 saturated carbocycles. The summed E-state index contributed by atoms with van der Waals surface area (Å²) in [7, 11) is 0. The van der Waals surface area contributed by atoms with Crippen molar-refractivity contribution in [2.75, 3.05) is 6.61 Å². The second kappa shape index (κ2) is 8.92. The number of aliphatic hydroxyl groups is 1. The highest BCUT2D eigenvalue weighted by Gasteiger charge is 2.55. The van der Waals surface area contributed by atoms with Gasteiger partial charge in [-0.25, -0.2) is 0 Å². The fraction of sp³-hybridized carbons (Fsp3) is 0.346. The fourth-order valence-electron chi connectivity index (χ4n) is 5.53. The van der Waals surface area contributed by atoms with Gasteiger partial charge in [-0.15, -0.1) is 0 Å². The van der Waals surface area contributed by atoms with Gasteiger partial charge in [0.25, 0.3) is 5.56 Å². The number of rotatable bonds is 6. The van der Waals surface area contributed by atoms with E-state index >= 15 is 0 Å². The van der Waals surface area contributed by atoms with Crippen LogP contribution >= 0.6 is 0 Å². The van der Waals surface area contributed by atoms with Gasteiger partial charge in [0, 0.05) is 55.8 Å². The summed E-state index contributed by atoms with van der Waals surface area (Å²) in [5.41, 5.74) is 2.87. The van der Waals surface area contributed by atoms with Crippen molar-refractivity contribution in [1.82, 2.24) is 19.8 Å². The third-order valence-electron chi connectivity index (χ3n) is 7.12. The van der Waals surface area contributed by atoms with Crippen molar-refractivity contribution in [1.29, 1.82) is 0 Å². The molecule has 3 aromatic rings. The Labute approximate surface area is 192 Å². The molecule has 4 heterocycles. The third kappa shape index (κ3) is 3.87. The van der Waals surface area contributed by atoms with E-state index in [4.69, 9.17) is 0 Å². The van der Waals surface area contributed by atoms with Gasteiger partial charge in [0.1, 0.15) is 0 Å². The van der Waals surface area contributed by atoms with E-state index in [1.165, 1.54) is 0 Å². The topological polar surface area (TPSA) is 87.5 Å². The number of pyridine rings is 2. The number of carbonyl (C=O) groups excluding carboxylic acids is 1. The number of carbonyl (C=O) groups is 1. The lowest BCUT2D eigenvalue weighted by Crippen LogP contribution is -2.45. The lowest BCUT2D eigenvalue weighted by molar-refractivity contribution is -0.128. The Morgan fingerprint density at radius 1 is 1.12 bits per heavy atom. The summed E-state index contributed by atoms with van der Waals surface area (Å²) in [5.74, 6) is -0.843. The Balaban J connectivity index is 1.52. The first-order valence-corrected chi connectivity index (χ1v) is 11.4. The fourth-order valence-corrected chi connectivity index (χ4v) is 5.53. The van der Waals surface area contributed by atoms with Gasteiger partial charge >= 0.3 is 0 Å². The van der Waals surface area contributed by atoms with Crippen LogP contribution in [0.2, 0.25) is 0 Å². The third-order valence-corrected chi connectivity index (χ3v) is 7.12. The first-order chi connectivity index (χ1) is 16.1. The van der Waals surface area contributed by atoms with Crippen LogP contribution in [0.5, 0.6) is 0 Å². The van der Waals surface area contributed by atoms with Crippen LogP contribution in [0.1, 0.15) is 35.8 Å². The number of hydrogen-bond acceptors (Lipinski definition) is 5. The van der Waals surface area contributed by atoms with Gasteiger partial charge in [-0.1, -0.05) is 36.4 Å². The number of fused-ring (bicyclic) bond motifs is 4. The smallest absolute Gasteiger partial charge is 0.250 e. The number of nitrogens with zero attached hydrogens (tertiary/aromatic N) is 3. The van der Waals surface area contributed by atoms with Gasteiger partial charge < -0.3 is 15.0 Å². The molecule has 0 unspecified atom stereocenters. The zero-order valence-corrected chi connectivity index (χ0v) is 18.5. The summed E-state index contributed by atoms with van der Waals surface area (Å²) < 4.78 is 1.77. The molecule has 0 radical (unpaired) electrons. The summed E-state index contributed by atoms with van der Waals surface area (Å²) in [6, 6.07) is 18.4. The molecule has 2 aliphatic heterocycles. The first kappa shape index (κ1) is 21.6. The quantitative estimate of drug-likeness (QED) is 0.609. The lowest BCUT2D eigenvalue weighted by Gasteiger charge is -2.38. The molecule has 0 aliphatic carbocycles. The van der Waals surface area contributed by atoms with Crippen molar-refractivity contribution < 1.29 is 9.90 Å². The van der Waals surface area contributed by atoms with Gasteiger partial charge in [-0.05, 0) is 36.2 Å². The molecule has 2 aromatic heterocycles. The minimum absolute atomic E-state index is 0.0681. The molecule has 7 heteroatoms. The number of aliphatic hydroxyl groups excluding tert-OH is 1. The standard InChI is InChI=1S/C26H28N4O3/c1-17(19-6-3-2-4-7-19)28-26(33)24-20(16-31)22-15-29-21(8-5-9-23(29)32)25(24)30(22)14-18-10-12-27-13-11-18/h2-13,17,20,22,24-25,31H,14-16H2,1H3,(H,28,33)/t17-,20-,22-,24+,25+/m0/s1. The maximum absolute atomic E-state index is 13.7. The average molecular weight is 445 g/mol. The normalized spacial score (nSPS) is 24.8. The minimum Gasteiger partial charge on any atom is -0.396 e. The summed E-state index contributed by atoms with van der Waals surface area (Å²) >= 11 is 0. The van der Waals surface area contributed by atoms with E-state index in [1.54, 1.807) is 29.1 Å². The Morgan fingerprint density at radius 2 is 1.88 bits per heavy atom. The zero-order chi connectivity index (χ0) is 22.9. The van der Waals surface area contributed by atoms with E-state index in [1.807, 2.05) is 55.5 Å². The Hall–Kier alpha value is -3.29. The van der Waals surface area contributed by atoms with Crippen LogP contribution in [0.4, 0.5) is 0 Å². The average Bonchev–Trinajstić information content (AvgIpc) is 3.04. The van der Waals surface area contributed by atoms with Crippen LogP contribution in [0.3, 0.4) is 0 Å². The molecule has 1 aromatic carbocycles. The highest BCUT2D eigenvalue weighted by atomic mass is 16.3. The molecule has 33 heavy (non-hydrogen) atoms. The van der Waals surface area contributed by atoms with Crippen LogP contribution in [0, 0.1) is 11.8 Å². The highest BCUT2D eigenvalue weighted by Crippen LogP contribution is 2.49. The summed E-state index contributed by atoms with van der Waals surface area (Å²) in [5, 5.41) is 13.6. The van der Waals surface area contributed by atoms with Crippen molar-refractivity contribution in [2.45, 2.75) is 38.1 Å². The summed E-state index contributed by atoms with van der Waals surface area (Å²) in [6.45, 7) is 2.93. The molecular weight excluding hydrogens is 416 g/mol. The summed E-state index contributed by atoms with van der Waals surface area (Å²) in [4.78, 5) is 32.7. The highest BCUT2D eigenvalue weighted by molar-refractivity contribution is 5.81. The van der Waals surface area contributed by atoms with Crippen LogP contribution in [0.25, 0.3) is 0 Å². The molecule has 1 saturated heterocycles. The molecule has 1 amide bonds. The van der Waals surface area contributed by atoms with Crippen molar-refractivity contribution in [2.24, 2.45) is 11.8 Å². The van der Waals surface area contributed by atoms with E-state index in [9.17, 15) is 14.7 Å². The van der Waals surface area contributed by atoms with Crippen molar-refractivity contribution in [3.05, 3.63) is 100 Å². The van der Waals surface area contributed by atoms with E-state index in [0.717, 1.165) is 16.8 Å². The molecular formula is C26H28N4O3. The van der Waals surface area contributed by atoms with Crippen LogP contribution < -0.4 is 10.9 Å². The number of amides is 1. The van der Waals surface area contributed by atoms with E-state index in [0.29, 0.717) is 13.1 Å². The van der Waals surface area contributed by atoms with Gasteiger partial charge in [-0.3, -0.25) is 19.5 Å². The number of hydrogen-bond donors (Lipinski definition) is 2. The summed E-state index contributed by atoms with van der Waals surface area (Å²) in [6.07, 6.45) is 3.52. The maximum atomic E-state index is 13.7. The zero-order valence-electron chi connectivity index (χ0n) is 18.5. The van der Waals surface area contributed by atoms with Gasteiger partial charge in [0.2, 0.25) is 5.91 Å². The number of nitrogens with one attached hydrogen (secondary N) is 1. The van der Waals surface area contributed by atoms with Crippen LogP contribution in [-0.4, -0.2) is 38.1 Å². The lowest BCUT2D eigenvalue weighted by atomic mass is 9.86. The molecule has 2 aliphatic rings. The predicted molar refractivity (Wildman–Crippen MR) is 124 cm³/mol. The SMILES string of the molecule is C[C@H](NC(=O)[C@@H]1[C@@H](CO)[C@@H]2Cn3c(cccc3=O)[C@H]1N2Cc1ccncc1)c1ccccc1. The molecule has 5 atom stereocenters. The first-order valence-electron chi connectivity index (χ1n) is 11.4. The molecule has 0 spiro atoms. The minimum atomic E-state index is -0.469. The van der Waals surface area contributed by atoms with Crippen LogP contribution in [0.15, 0.2) is 77.9 Å². The van der Waals surface area contributed by atoms with Gasteiger partial charge in [0.15, 0.2) is 0 Å². The van der Waals surface area contributed by atoms with Gasteiger partial charge in [-0.2, -0.15) is 0 Å². The molecule has 2 bridgehead atoms. The van der Waals surface area contributed by atoms with E-state index in [-0.39, 0.29) is 42.1 Å². The molecule has 170 valence electrons. The Morgan fingerprint density at radius 3 is 2.61 bits per heavy atom. The number of aromatic nitrogens is 2. The largest absolute Gasteiger partial charge is 0.396 e. The predicted octanol–water partition coefficient (Wildman–Crippen LogP) is 2.28. The molecule has 5 rings (SSSR count). The van der Waals surface area contributed by atoms with E-state index < -0.39 is 5.92 Å².